The van der Waals surface area contributed by atoms with Crippen LogP contribution in [0.15, 0.2) is 182 Å². The molecule has 0 N–H and O–H groups in total. The molecule has 0 aromatic heterocycles. The molecular weight excluding hydrogens is 731 g/mol. The molecule has 3 aliphatic heterocycles. The molecule has 0 radical (unpaired) electrons. The first-order valence-electron chi connectivity index (χ1n) is 21.4. The predicted molar refractivity (Wildman–Crippen MR) is 247 cm³/mol. The summed E-state index contributed by atoms with van der Waals surface area (Å²) in [6, 6.07) is 61.6. The third-order valence-electron chi connectivity index (χ3n) is 13.9. The lowest BCUT2D eigenvalue weighted by Crippen LogP contribution is -2.57. The Morgan fingerprint density at radius 3 is 2.07 bits per heavy atom. The SMILES string of the molecule is CC1(c2cc3c4c(c2)Oc2cc5c(cc2B4c2ccccc2O3)N(c2ccccc2)c2cccc3c(N(c4ccccc4)c4ccccc4)ccc-5c23)C=CCC2CC2C1. The molecule has 5 heteroatoms. The van der Waals surface area contributed by atoms with Crippen molar-refractivity contribution in [3.05, 3.63) is 188 Å². The Morgan fingerprint density at radius 1 is 0.600 bits per heavy atom. The van der Waals surface area contributed by atoms with Crippen LogP contribution in [0.25, 0.3) is 21.9 Å². The lowest BCUT2D eigenvalue weighted by atomic mass is 9.34. The van der Waals surface area contributed by atoms with Crippen molar-refractivity contribution in [2.45, 2.75) is 31.6 Å². The maximum atomic E-state index is 7.22. The molecule has 8 aromatic rings. The van der Waals surface area contributed by atoms with Crippen molar-refractivity contribution in [1.29, 1.82) is 0 Å². The van der Waals surface area contributed by atoms with Gasteiger partial charge in [0.15, 0.2) is 0 Å². The Balaban J connectivity index is 1.04. The van der Waals surface area contributed by atoms with Crippen LogP contribution in [0, 0.1) is 11.8 Å². The van der Waals surface area contributed by atoms with Crippen molar-refractivity contribution in [3.8, 4) is 34.1 Å². The molecule has 3 unspecified atom stereocenters. The molecule has 0 amide bonds. The van der Waals surface area contributed by atoms with Crippen molar-refractivity contribution >= 4 is 68.0 Å². The summed E-state index contributed by atoms with van der Waals surface area (Å²) in [5, 5.41) is 2.40. The largest absolute Gasteiger partial charge is 0.458 e. The average Bonchev–Trinajstić information content (AvgIpc) is 4.06. The minimum Gasteiger partial charge on any atom is -0.458 e. The van der Waals surface area contributed by atoms with Crippen molar-refractivity contribution in [2.75, 3.05) is 9.80 Å². The third kappa shape index (κ3) is 5.05. The van der Waals surface area contributed by atoms with Gasteiger partial charge in [0.25, 0.3) is 6.71 Å². The Bertz CT molecular complexity index is 3040. The fourth-order valence-electron chi connectivity index (χ4n) is 10.9. The van der Waals surface area contributed by atoms with Gasteiger partial charge in [-0.05, 0) is 132 Å². The van der Waals surface area contributed by atoms with Crippen molar-refractivity contribution in [2.24, 2.45) is 11.8 Å². The monoisotopic (exact) mass is 772 g/mol. The molecule has 3 atom stereocenters. The normalized spacial score (nSPS) is 19.8. The summed E-state index contributed by atoms with van der Waals surface area (Å²) in [6.07, 6.45) is 8.56. The minimum absolute atomic E-state index is 0.0455. The van der Waals surface area contributed by atoms with Gasteiger partial charge in [-0.15, -0.1) is 0 Å². The summed E-state index contributed by atoms with van der Waals surface area (Å²) >= 11 is 0. The molecule has 13 rings (SSSR count). The van der Waals surface area contributed by atoms with Crippen LogP contribution in [0.4, 0.5) is 34.1 Å². The number of benzene rings is 8. The average molecular weight is 773 g/mol. The first kappa shape index (κ1) is 33.9. The smallest absolute Gasteiger partial charge is 0.260 e. The van der Waals surface area contributed by atoms with E-state index in [1.807, 2.05) is 0 Å². The minimum atomic E-state index is -0.0859. The second-order valence-electron chi connectivity index (χ2n) is 17.5. The van der Waals surface area contributed by atoms with E-state index in [4.69, 9.17) is 9.47 Å². The van der Waals surface area contributed by atoms with E-state index in [2.05, 4.69) is 199 Å². The highest BCUT2D eigenvalue weighted by Crippen LogP contribution is 2.56. The molecule has 5 aliphatic rings. The molecular formula is C55H41BN2O2. The van der Waals surface area contributed by atoms with Gasteiger partial charge in [-0.25, -0.2) is 0 Å². The Labute approximate surface area is 351 Å². The van der Waals surface area contributed by atoms with Gasteiger partial charge in [0.05, 0.1) is 17.1 Å². The van der Waals surface area contributed by atoms with Gasteiger partial charge >= 0.3 is 0 Å². The van der Waals surface area contributed by atoms with Gasteiger partial charge in [0.1, 0.15) is 23.0 Å². The zero-order valence-corrected chi connectivity index (χ0v) is 33.4. The first-order chi connectivity index (χ1) is 29.6. The number of nitrogens with zero attached hydrogens (tertiary/aromatic N) is 2. The van der Waals surface area contributed by atoms with E-state index in [0.717, 1.165) is 91.9 Å². The summed E-state index contributed by atoms with van der Waals surface area (Å²) < 4.78 is 14.1. The van der Waals surface area contributed by atoms with Gasteiger partial charge in [-0.3, -0.25) is 0 Å². The zero-order chi connectivity index (χ0) is 39.5. The van der Waals surface area contributed by atoms with Gasteiger partial charge < -0.3 is 19.3 Å². The van der Waals surface area contributed by atoms with Crippen molar-refractivity contribution < 1.29 is 9.47 Å². The number of anilines is 6. The summed E-state index contributed by atoms with van der Waals surface area (Å²) in [6.45, 7) is 2.36. The quantitative estimate of drug-likeness (QED) is 0.128. The van der Waals surface area contributed by atoms with Crippen LogP contribution in [0.5, 0.6) is 23.0 Å². The standard InChI is InChI=1S/C55H41BN2O2/c1-55(28-14-15-35-29-36(35)34-55)37-30-51-54-52(31-37)60-50-32-43-41-26-27-46(57(38-16-5-2-6-17-38)39-18-7-3-8-19-39)42-22-13-24-47(53(41)42)58(40-20-9-4-10-21-40)48(43)33-45(50)56(54)44-23-11-12-25-49(44)59-51/h2-14,16-28,30-33,35-36H,15,29,34H2,1H3. The number of hydrogen-bond acceptors (Lipinski definition) is 4. The topological polar surface area (TPSA) is 24.9 Å². The highest BCUT2D eigenvalue weighted by atomic mass is 16.5. The Hall–Kier alpha value is -6.98. The van der Waals surface area contributed by atoms with Crippen molar-refractivity contribution in [3.63, 3.8) is 0 Å². The molecule has 1 fully saturated rings. The van der Waals surface area contributed by atoms with Crippen LogP contribution in [-0.2, 0) is 5.41 Å². The van der Waals surface area contributed by atoms with Gasteiger partial charge in [0, 0.05) is 44.3 Å². The van der Waals surface area contributed by atoms with Gasteiger partial charge in [-0.2, -0.15) is 0 Å². The molecule has 4 nitrogen and oxygen atoms in total. The number of para-hydroxylation sites is 4. The van der Waals surface area contributed by atoms with E-state index in [1.54, 1.807) is 0 Å². The summed E-state index contributed by atoms with van der Waals surface area (Å²) in [5.41, 5.74) is 13.7. The summed E-state index contributed by atoms with van der Waals surface area (Å²) in [5.74, 6) is 5.24. The molecule has 0 saturated heterocycles. The van der Waals surface area contributed by atoms with Gasteiger partial charge in [0.2, 0.25) is 0 Å². The number of ether oxygens (including phenoxy) is 2. The fraction of sp³-hybridized carbons (Fsp3) is 0.127. The van der Waals surface area contributed by atoms with E-state index in [-0.39, 0.29) is 12.1 Å². The summed E-state index contributed by atoms with van der Waals surface area (Å²) in [7, 11) is 0. The molecule has 3 heterocycles. The highest BCUT2D eigenvalue weighted by molar-refractivity contribution is 6.98. The van der Waals surface area contributed by atoms with Crippen LogP contribution in [0.3, 0.4) is 0 Å². The van der Waals surface area contributed by atoms with Crippen LogP contribution in [0.2, 0.25) is 0 Å². The molecule has 0 spiro atoms. The molecule has 286 valence electrons. The summed E-state index contributed by atoms with van der Waals surface area (Å²) in [4.78, 5) is 4.84. The van der Waals surface area contributed by atoms with Gasteiger partial charge in [-0.1, -0.05) is 110 Å². The van der Waals surface area contributed by atoms with Crippen LogP contribution in [-0.4, -0.2) is 6.71 Å². The first-order valence-corrected chi connectivity index (χ1v) is 21.4. The number of allylic oxidation sites excluding steroid dienone is 2. The lowest BCUT2D eigenvalue weighted by Gasteiger charge is -2.38. The molecule has 60 heavy (non-hydrogen) atoms. The molecule has 0 bridgehead atoms. The molecule has 8 aromatic carbocycles. The van der Waals surface area contributed by atoms with Crippen molar-refractivity contribution in [1.82, 2.24) is 0 Å². The number of rotatable bonds is 5. The predicted octanol–water partition coefficient (Wildman–Crippen LogP) is 12.7. The second kappa shape index (κ2) is 12.8. The second-order valence-corrected chi connectivity index (χ2v) is 17.5. The maximum absolute atomic E-state index is 7.22. The van der Waals surface area contributed by atoms with Crippen LogP contribution in [0.1, 0.15) is 31.7 Å². The van der Waals surface area contributed by atoms with E-state index in [0.29, 0.717) is 0 Å². The Kier molecular flexibility index (Phi) is 7.22. The highest BCUT2D eigenvalue weighted by Gasteiger charge is 2.46. The van der Waals surface area contributed by atoms with E-state index >= 15 is 0 Å². The fourth-order valence-corrected chi connectivity index (χ4v) is 10.9. The van der Waals surface area contributed by atoms with E-state index in [9.17, 15) is 0 Å². The molecule has 1 saturated carbocycles. The van der Waals surface area contributed by atoms with Crippen LogP contribution < -0.4 is 35.7 Å². The maximum Gasteiger partial charge on any atom is 0.260 e. The third-order valence-corrected chi connectivity index (χ3v) is 13.9. The lowest BCUT2D eigenvalue weighted by molar-refractivity contribution is 0.451. The van der Waals surface area contributed by atoms with E-state index < -0.39 is 0 Å². The van der Waals surface area contributed by atoms with Crippen LogP contribution >= 0.6 is 0 Å². The number of fused-ring (bicyclic) bond motifs is 7. The molecule has 2 aliphatic carbocycles. The zero-order valence-electron chi connectivity index (χ0n) is 33.4. The Morgan fingerprint density at radius 2 is 1.30 bits per heavy atom. The number of hydrogen-bond donors (Lipinski definition) is 0. The van der Waals surface area contributed by atoms with E-state index in [1.165, 1.54) is 40.2 Å².